The average molecular weight is 373 g/mol. The number of hydrogen-bond donors (Lipinski definition) is 2. The van der Waals surface area contributed by atoms with E-state index in [9.17, 15) is 9.90 Å². The van der Waals surface area contributed by atoms with Gasteiger partial charge in [0.2, 0.25) is 0 Å². The van der Waals surface area contributed by atoms with Gasteiger partial charge in [-0.25, -0.2) is 0 Å². The molecule has 2 aromatic rings. The van der Waals surface area contributed by atoms with Crippen molar-refractivity contribution >= 4 is 5.97 Å². The Bertz CT molecular complexity index is 715. The maximum atomic E-state index is 11.5. The molecule has 0 fully saturated rings. The van der Waals surface area contributed by atoms with Crippen molar-refractivity contribution in [1.29, 1.82) is 0 Å². The molecule has 0 saturated carbocycles. The van der Waals surface area contributed by atoms with E-state index >= 15 is 0 Å². The summed E-state index contributed by atoms with van der Waals surface area (Å²) < 4.78 is 5.34. The lowest BCUT2D eigenvalue weighted by Gasteiger charge is -2.27. The molecule has 0 bridgehead atoms. The number of carbonyl (C=O) groups is 1. The Hall–Kier alpha value is -2.49. The van der Waals surface area contributed by atoms with Crippen LogP contribution in [-0.4, -0.2) is 16.2 Å². The summed E-state index contributed by atoms with van der Waals surface area (Å²) >= 11 is 0. The van der Waals surface area contributed by atoms with Crippen LogP contribution < -0.4 is 4.74 Å². The second-order valence-electron chi connectivity index (χ2n) is 8.53. The molecule has 4 heteroatoms. The van der Waals surface area contributed by atoms with E-state index in [-0.39, 0.29) is 16.8 Å². The number of carbonyl (C=O) groups excluding carboxylic acids is 1. The van der Waals surface area contributed by atoms with Gasteiger partial charge in [0.05, 0.1) is 0 Å². The second kappa shape index (κ2) is 8.94. The fourth-order valence-corrected chi connectivity index (χ4v) is 2.44. The van der Waals surface area contributed by atoms with E-state index < -0.39 is 0 Å². The molecule has 148 valence electrons. The van der Waals surface area contributed by atoms with Gasteiger partial charge in [-0.15, -0.1) is 0 Å². The maximum Gasteiger partial charge on any atom is 0.310 e. The quantitative estimate of drug-likeness (QED) is 0.524. The SMILES string of the molecule is CCC(=O)Oc1cc(C(C)(C)C)c(O)c(C(C)(C)C)c1.Oc1ccccc1. The second-order valence-corrected chi connectivity index (χ2v) is 8.53. The van der Waals surface area contributed by atoms with Crippen LogP contribution in [0.2, 0.25) is 0 Å². The summed E-state index contributed by atoms with van der Waals surface area (Å²) in [5.74, 6) is 0.851. The van der Waals surface area contributed by atoms with Crippen molar-refractivity contribution in [3.63, 3.8) is 0 Å². The van der Waals surface area contributed by atoms with Crippen molar-refractivity contribution in [2.24, 2.45) is 0 Å². The summed E-state index contributed by atoms with van der Waals surface area (Å²) in [4.78, 5) is 11.5. The first kappa shape index (κ1) is 22.6. The summed E-state index contributed by atoms with van der Waals surface area (Å²) in [5, 5.41) is 19.2. The number of esters is 1. The largest absolute Gasteiger partial charge is 0.508 e. The van der Waals surface area contributed by atoms with Crippen molar-refractivity contribution in [2.45, 2.75) is 65.7 Å². The minimum absolute atomic E-state index is 0.223. The number of phenolic OH excluding ortho intramolecular Hbond substituents is 2. The molecular formula is C23H32O4. The van der Waals surface area contributed by atoms with Gasteiger partial charge >= 0.3 is 5.97 Å². The van der Waals surface area contributed by atoms with Crippen molar-refractivity contribution in [3.8, 4) is 17.2 Å². The fraction of sp³-hybridized carbons (Fsp3) is 0.435. The van der Waals surface area contributed by atoms with E-state index in [2.05, 4.69) is 0 Å². The summed E-state index contributed by atoms with van der Waals surface area (Å²) in [7, 11) is 0. The predicted octanol–water partition coefficient (Wildman–Crippen LogP) is 5.69. The van der Waals surface area contributed by atoms with E-state index in [0.717, 1.165) is 11.1 Å². The highest BCUT2D eigenvalue weighted by atomic mass is 16.5. The fourth-order valence-electron chi connectivity index (χ4n) is 2.44. The Labute approximate surface area is 162 Å². The minimum atomic E-state index is -0.268. The molecule has 0 amide bonds. The van der Waals surface area contributed by atoms with Gasteiger partial charge in [0.15, 0.2) is 0 Å². The summed E-state index contributed by atoms with van der Waals surface area (Å²) in [6.45, 7) is 13.9. The van der Waals surface area contributed by atoms with Crippen LogP contribution in [-0.2, 0) is 15.6 Å². The topological polar surface area (TPSA) is 66.8 Å². The third-order valence-electron chi connectivity index (χ3n) is 3.98. The molecule has 0 heterocycles. The van der Waals surface area contributed by atoms with Gasteiger partial charge in [-0.05, 0) is 35.1 Å². The monoisotopic (exact) mass is 372 g/mol. The Balaban J connectivity index is 0.000000433. The third-order valence-corrected chi connectivity index (χ3v) is 3.98. The van der Waals surface area contributed by atoms with Gasteiger partial charge in [-0.1, -0.05) is 66.7 Å². The molecule has 2 aromatic carbocycles. The Morgan fingerprint density at radius 1 is 0.889 bits per heavy atom. The molecule has 0 aliphatic rings. The molecular weight excluding hydrogens is 340 g/mol. The number of para-hydroxylation sites is 1. The summed E-state index contributed by atoms with van der Waals surface area (Å²) in [6, 6.07) is 12.2. The molecule has 0 unspecified atom stereocenters. The van der Waals surface area contributed by atoms with Crippen LogP contribution in [0.15, 0.2) is 42.5 Å². The van der Waals surface area contributed by atoms with Crippen molar-refractivity contribution < 1.29 is 19.7 Å². The summed E-state index contributed by atoms with van der Waals surface area (Å²) in [5.41, 5.74) is 1.14. The Morgan fingerprint density at radius 2 is 1.33 bits per heavy atom. The molecule has 0 atom stereocenters. The lowest BCUT2D eigenvalue weighted by Crippen LogP contribution is -2.18. The zero-order valence-electron chi connectivity index (χ0n) is 17.5. The molecule has 2 rings (SSSR count). The molecule has 0 saturated heterocycles. The van der Waals surface area contributed by atoms with Crippen LogP contribution in [0.1, 0.15) is 66.0 Å². The van der Waals surface area contributed by atoms with Crippen LogP contribution in [0.5, 0.6) is 17.2 Å². The van der Waals surface area contributed by atoms with Crippen molar-refractivity contribution in [1.82, 2.24) is 0 Å². The van der Waals surface area contributed by atoms with Crippen LogP contribution >= 0.6 is 0 Å². The lowest BCUT2D eigenvalue weighted by molar-refractivity contribution is -0.134. The molecule has 0 aliphatic heterocycles. The number of benzene rings is 2. The van der Waals surface area contributed by atoms with Gasteiger partial charge in [0.1, 0.15) is 17.2 Å². The number of rotatable bonds is 2. The number of aromatic hydroxyl groups is 2. The van der Waals surface area contributed by atoms with Gasteiger partial charge in [-0.2, -0.15) is 0 Å². The van der Waals surface area contributed by atoms with E-state index in [1.165, 1.54) is 0 Å². The Morgan fingerprint density at radius 3 is 1.63 bits per heavy atom. The third kappa shape index (κ3) is 6.97. The molecule has 0 aromatic heterocycles. The number of ether oxygens (including phenoxy) is 1. The van der Waals surface area contributed by atoms with Gasteiger partial charge in [0, 0.05) is 17.5 Å². The first-order valence-corrected chi connectivity index (χ1v) is 9.19. The van der Waals surface area contributed by atoms with E-state index in [1.807, 2.05) is 47.6 Å². The highest BCUT2D eigenvalue weighted by Gasteiger charge is 2.27. The number of phenols is 2. The van der Waals surface area contributed by atoms with Crippen LogP contribution in [0.4, 0.5) is 0 Å². The Kier molecular flexibility index (Phi) is 7.46. The highest BCUT2D eigenvalue weighted by molar-refractivity contribution is 5.72. The van der Waals surface area contributed by atoms with Crippen molar-refractivity contribution in [2.75, 3.05) is 0 Å². The molecule has 2 N–H and O–H groups in total. The van der Waals surface area contributed by atoms with Gasteiger partial charge in [-0.3, -0.25) is 4.79 Å². The molecule has 0 radical (unpaired) electrons. The van der Waals surface area contributed by atoms with E-state index in [4.69, 9.17) is 9.84 Å². The average Bonchev–Trinajstić information content (AvgIpc) is 2.55. The van der Waals surface area contributed by atoms with E-state index in [1.54, 1.807) is 43.3 Å². The van der Waals surface area contributed by atoms with Crippen LogP contribution in [0, 0.1) is 0 Å². The lowest BCUT2D eigenvalue weighted by atomic mass is 9.79. The predicted molar refractivity (Wildman–Crippen MR) is 110 cm³/mol. The van der Waals surface area contributed by atoms with Crippen LogP contribution in [0.25, 0.3) is 0 Å². The minimum Gasteiger partial charge on any atom is -0.508 e. The summed E-state index contributed by atoms with van der Waals surface area (Å²) in [6.07, 6.45) is 0.330. The maximum absolute atomic E-state index is 11.5. The smallest absolute Gasteiger partial charge is 0.310 e. The standard InChI is InChI=1S/C17H26O3.C6H6O/c1-8-14(18)20-11-9-12(16(2,3)4)15(19)13(10-11)17(5,6)7;7-6-4-2-1-3-5-6/h9-10,19H,8H2,1-7H3;1-5,7H. The van der Waals surface area contributed by atoms with Gasteiger partial charge < -0.3 is 14.9 Å². The first-order chi connectivity index (χ1) is 12.4. The zero-order valence-corrected chi connectivity index (χ0v) is 17.5. The van der Waals surface area contributed by atoms with Gasteiger partial charge in [0.25, 0.3) is 0 Å². The van der Waals surface area contributed by atoms with E-state index in [0.29, 0.717) is 23.7 Å². The number of hydrogen-bond acceptors (Lipinski definition) is 4. The molecule has 4 nitrogen and oxygen atoms in total. The highest BCUT2D eigenvalue weighted by Crippen LogP contribution is 2.41. The van der Waals surface area contributed by atoms with Crippen LogP contribution in [0.3, 0.4) is 0 Å². The van der Waals surface area contributed by atoms with Crippen molar-refractivity contribution in [3.05, 3.63) is 53.6 Å². The normalized spacial score (nSPS) is 11.4. The molecule has 27 heavy (non-hydrogen) atoms. The zero-order chi connectivity index (χ0) is 20.8. The molecule has 0 spiro atoms. The molecule has 0 aliphatic carbocycles. The first-order valence-electron chi connectivity index (χ1n) is 9.19.